The van der Waals surface area contributed by atoms with Crippen molar-refractivity contribution < 1.29 is 4.74 Å². The summed E-state index contributed by atoms with van der Waals surface area (Å²) in [7, 11) is 1.71. The molecular formula is C18H23NOS. The molecule has 2 aromatic rings. The third kappa shape index (κ3) is 4.02. The maximum atomic E-state index is 6.37. The molecule has 0 saturated carbocycles. The van der Waals surface area contributed by atoms with E-state index in [4.69, 9.17) is 10.5 Å². The highest BCUT2D eigenvalue weighted by Gasteiger charge is 2.23. The molecule has 0 aliphatic rings. The quantitative estimate of drug-likeness (QED) is 0.794. The van der Waals surface area contributed by atoms with Gasteiger partial charge in [-0.3, -0.25) is 0 Å². The summed E-state index contributed by atoms with van der Waals surface area (Å²) < 4.78 is 5.51. The molecule has 0 aliphatic carbocycles. The van der Waals surface area contributed by atoms with Gasteiger partial charge in [0.05, 0.1) is 12.4 Å². The molecular weight excluding hydrogens is 278 g/mol. The van der Waals surface area contributed by atoms with Crippen molar-refractivity contribution in [3.8, 4) is 5.75 Å². The van der Waals surface area contributed by atoms with E-state index in [2.05, 4.69) is 44.2 Å². The van der Waals surface area contributed by atoms with Crippen LogP contribution in [0.1, 0.15) is 29.7 Å². The third-order valence-electron chi connectivity index (χ3n) is 3.59. The first kappa shape index (κ1) is 15.9. The number of benzene rings is 2. The summed E-state index contributed by atoms with van der Waals surface area (Å²) in [5, 5.41) is 0.189. The fraction of sp³-hybridized carbons (Fsp3) is 0.333. The Labute approximate surface area is 131 Å². The number of methoxy groups -OCH3 is 1. The smallest absolute Gasteiger partial charge is 0.123 e. The fourth-order valence-electron chi connectivity index (χ4n) is 2.26. The van der Waals surface area contributed by atoms with E-state index in [0.717, 1.165) is 12.2 Å². The van der Waals surface area contributed by atoms with Crippen molar-refractivity contribution in [2.75, 3.05) is 7.11 Å². The molecule has 2 aromatic carbocycles. The Kier molecular flexibility index (Phi) is 5.71. The summed E-state index contributed by atoms with van der Waals surface area (Å²) in [6.45, 7) is 4.23. The van der Waals surface area contributed by atoms with Gasteiger partial charge in [-0.25, -0.2) is 0 Å². The van der Waals surface area contributed by atoms with Crippen molar-refractivity contribution in [2.24, 2.45) is 5.73 Å². The number of para-hydroxylation sites is 1. The van der Waals surface area contributed by atoms with E-state index in [0.29, 0.717) is 0 Å². The van der Waals surface area contributed by atoms with E-state index < -0.39 is 0 Å². The average molecular weight is 301 g/mol. The van der Waals surface area contributed by atoms with Gasteiger partial charge in [-0.05, 0) is 31.5 Å². The standard InChI is InChI=1S/C18H23NOS/c1-4-16(19)18(15-7-5-6-8-17(15)20-3)21-14-11-9-13(2)10-12-14/h5-12,16,18H,4,19H2,1-3H3. The van der Waals surface area contributed by atoms with Crippen LogP contribution in [0.15, 0.2) is 53.4 Å². The van der Waals surface area contributed by atoms with E-state index >= 15 is 0 Å². The summed E-state index contributed by atoms with van der Waals surface area (Å²) >= 11 is 1.81. The minimum absolute atomic E-state index is 0.0904. The van der Waals surface area contributed by atoms with Crippen LogP contribution in [-0.4, -0.2) is 13.2 Å². The lowest BCUT2D eigenvalue weighted by Crippen LogP contribution is -2.26. The van der Waals surface area contributed by atoms with Crippen LogP contribution in [0.3, 0.4) is 0 Å². The molecule has 2 unspecified atom stereocenters. The van der Waals surface area contributed by atoms with Crippen LogP contribution >= 0.6 is 11.8 Å². The van der Waals surface area contributed by atoms with Crippen LogP contribution in [-0.2, 0) is 0 Å². The van der Waals surface area contributed by atoms with Crippen molar-refractivity contribution in [3.05, 3.63) is 59.7 Å². The third-order valence-corrected chi connectivity index (χ3v) is 4.99. The second-order valence-electron chi connectivity index (χ2n) is 5.17. The zero-order valence-corrected chi connectivity index (χ0v) is 13.7. The number of hydrogen-bond acceptors (Lipinski definition) is 3. The van der Waals surface area contributed by atoms with E-state index in [1.807, 2.05) is 30.0 Å². The Morgan fingerprint density at radius 1 is 1.10 bits per heavy atom. The lowest BCUT2D eigenvalue weighted by molar-refractivity contribution is 0.407. The molecule has 0 fully saturated rings. The van der Waals surface area contributed by atoms with Crippen molar-refractivity contribution in [2.45, 2.75) is 36.5 Å². The number of aryl methyl sites for hydroxylation is 1. The summed E-state index contributed by atoms with van der Waals surface area (Å²) in [6.07, 6.45) is 0.932. The fourth-order valence-corrected chi connectivity index (χ4v) is 3.54. The van der Waals surface area contributed by atoms with Crippen LogP contribution in [0.2, 0.25) is 0 Å². The molecule has 2 rings (SSSR count). The number of ether oxygens (including phenoxy) is 1. The highest BCUT2D eigenvalue weighted by Crippen LogP contribution is 2.41. The molecule has 0 radical (unpaired) electrons. The molecule has 0 aromatic heterocycles. The summed E-state index contributed by atoms with van der Waals surface area (Å²) in [6, 6.07) is 16.8. The van der Waals surface area contributed by atoms with Gasteiger partial charge in [0, 0.05) is 16.5 Å². The van der Waals surface area contributed by atoms with E-state index in [1.54, 1.807) is 7.11 Å². The first-order valence-electron chi connectivity index (χ1n) is 7.27. The predicted molar refractivity (Wildman–Crippen MR) is 91.0 cm³/mol. The Morgan fingerprint density at radius 2 is 1.76 bits per heavy atom. The van der Waals surface area contributed by atoms with E-state index in [-0.39, 0.29) is 11.3 Å². The van der Waals surface area contributed by atoms with Gasteiger partial charge < -0.3 is 10.5 Å². The Bertz CT molecular complexity index is 568. The average Bonchev–Trinajstić information content (AvgIpc) is 2.53. The molecule has 0 heterocycles. The molecule has 112 valence electrons. The molecule has 0 amide bonds. The molecule has 2 N–H and O–H groups in total. The molecule has 0 bridgehead atoms. The van der Waals surface area contributed by atoms with Crippen molar-refractivity contribution in [1.82, 2.24) is 0 Å². The largest absolute Gasteiger partial charge is 0.496 e. The van der Waals surface area contributed by atoms with Gasteiger partial charge in [0.1, 0.15) is 5.75 Å². The highest BCUT2D eigenvalue weighted by molar-refractivity contribution is 7.99. The van der Waals surface area contributed by atoms with Crippen LogP contribution < -0.4 is 10.5 Å². The second kappa shape index (κ2) is 7.53. The molecule has 0 saturated heterocycles. The van der Waals surface area contributed by atoms with Gasteiger partial charge in [0.15, 0.2) is 0 Å². The van der Waals surface area contributed by atoms with Gasteiger partial charge in [-0.2, -0.15) is 0 Å². The van der Waals surface area contributed by atoms with E-state index in [9.17, 15) is 0 Å². The van der Waals surface area contributed by atoms with Crippen molar-refractivity contribution >= 4 is 11.8 Å². The van der Waals surface area contributed by atoms with Crippen LogP contribution in [0.4, 0.5) is 0 Å². The Balaban J connectivity index is 2.32. The minimum Gasteiger partial charge on any atom is -0.496 e. The zero-order chi connectivity index (χ0) is 15.2. The Morgan fingerprint density at radius 3 is 2.38 bits per heavy atom. The Hall–Kier alpha value is -1.45. The zero-order valence-electron chi connectivity index (χ0n) is 12.9. The lowest BCUT2D eigenvalue weighted by atomic mass is 10.0. The first-order chi connectivity index (χ1) is 10.2. The van der Waals surface area contributed by atoms with Crippen molar-refractivity contribution in [3.63, 3.8) is 0 Å². The predicted octanol–water partition coefficient (Wildman–Crippen LogP) is 4.57. The van der Waals surface area contributed by atoms with Crippen LogP contribution in [0.5, 0.6) is 5.75 Å². The summed E-state index contributed by atoms with van der Waals surface area (Å²) in [5.41, 5.74) is 8.81. The minimum atomic E-state index is 0.0904. The molecule has 2 atom stereocenters. The lowest BCUT2D eigenvalue weighted by Gasteiger charge is -2.24. The monoisotopic (exact) mass is 301 g/mol. The highest BCUT2D eigenvalue weighted by atomic mass is 32.2. The van der Waals surface area contributed by atoms with Crippen LogP contribution in [0, 0.1) is 6.92 Å². The second-order valence-corrected chi connectivity index (χ2v) is 6.38. The van der Waals surface area contributed by atoms with Gasteiger partial charge in [-0.15, -0.1) is 11.8 Å². The number of rotatable bonds is 6. The number of hydrogen-bond donors (Lipinski definition) is 1. The number of nitrogens with two attached hydrogens (primary N) is 1. The van der Waals surface area contributed by atoms with Gasteiger partial charge in [0.2, 0.25) is 0 Å². The first-order valence-corrected chi connectivity index (χ1v) is 8.15. The molecule has 0 aliphatic heterocycles. The van der Waals surface area contributed by atoms with Crippen molar-refractivity contribution in [1.29, 1.82) is 0 Å². The normalized spacial score (nSPS) is 13.7. The van der Waals surface area contributed by atoms with Gasteiger partial charge in [-0.1, -0.05) is 42.8 Å². The summed E-state index contributed by atoms with van der Waals surface area (Å²) in [5.74, 6) is 0.908. The molecule has 2 nitrogen and oxygen atoms in total. The number of thioether (sulfide) groups is 1. The SMILES string of the molecule is CCC(N)C(Sc1ccc(C)cc1)c1ccccc1OC. The molecule has 21 heavy (non-hydrogen) atoms. The maximum absolute atomic E-state index is 6.37. The van der Waals surface area contributed by atoms with Crippen LogP contribution in [0.25, 0.3) is 0 Å². The van der Waals surface area contributed by atoms with Gasteiger partial charge >= 0.3 is 0 Å². The topological polar surface area (TPSA) is 35.2 Å². The molecule has 3 heteroatoms. The maximum Gasteiger partial charge on any atom is 0.123 e. The molecule has 0 spiro atoms. The van der Waals surface area contributed by atoms with Gasteiger partial charge in [0.25, 0.3) is 0 Å². The van der Waals surface area contributed by atoms with E-state index in [1.165, 1.54) is 16.0 Å². The summed E-state index contributed by atoms with van der Waals surface area (Å²) in [4.78, 5) is 1.24.